The number of aryl methyl sites for hydroxylation is 1. The molecule has 9 nitrogen and oxygen atoms in total. The standard InChI is InChI=1S/C31H39N3O6S/c1-21-6-13-27(14-7-21)41(37,38)32-25-10-15-29-28(16-25)31(36)34(23(3)20-35)17-22(2)30(40-29)19-33(4)18-24-8-11-26(39-5)12-9-24/h6-16,22-23,30,32,35H,17-20H2,1-5H3/t22-,23+,30-/m1/s1. The number of amides is 1. The Hall–Kier alpha value is -3.60. The molecule has 10 heteroatoms. The molecule has 0 saturated heterocycles. The fourth-order valence-electron chi connectivity index (χ4n) is 4.85. The summed E-state index contributed by atoms with van der Waals surface area (Å²) in [6, 6.07) is 18.8. The van der Waals surface area contributed by atoms with Gasteiger partial charge in [-0.1, -0.05) is 36.8 Å². The zero-order valence-electron chi connectivity index (χ0n) is 24.2. The topological polar surface area (TPSA) is 108 Å². The Kier molecular flexibility index (Phi) is 9.57. The van der Waals surface area contributed by atoms with E-state index in [4.69, 9.17) is 9.47 Å². The molecule has 2 N–H and O–H groups in total. The van der Waals surface area contributed by atoms with Gasteiger partial charge < -0.3 is 19.5 Å². The van der Waals surface area contributed by atoms with E-state index in [1.54, 1.807) is 55.3 Å². The van der Waals surface area contributed by atoms with Crippen LogP contribution in [-0.4, -0.2) is 75.2 Å². The van der Waals surface area contributed by atoms with Crippen LogP contribution in [0.25, 0.3) is 0 Å². The first kappa shape index (κ1) is 30.4. The lowest BCUT2D eigenvalue weighted by Gasteiger charge is -2.38. The highest BCUT2D eigenvalue weighted by atomic mass is 32.2. The van der Waals surface area contributed by atoms with Crippen molar-refractivity contribution in [2.45, 2.75) is 44.4 Å². The first-order chi connectivity index (χ1) is 19.5. The van der Waals surface area contributed by atoms with Crippen molar-refractivity contribution < 1.29 is 27.8 Å². The molecule has 1 aliphatic heterocycles. The van der Waals surface area contributed by atoms with Crippen molar-refractivity contribution in [1.29, 1.82) is 0 Å². The van der Waals surface area contributed by atoms with Crippen LogP contribution in [0, 0.1) is 12.8 Å². The van der Waals surface area contributed by atoms with Crippen LogP contribution in [0.5, 0.6) is 11.5 Å². The fraction of sp³-hybridized carbons (Fsp3) is 0.387. The molecule has 3 aromatic rings. The number of benzene rings is 3. The Morgan fingerprint density at radius 2 is 1.80 bits per heavy atom. The molecular weight excluding hydrogens is 542 g/mol. The quantitative estimate of drug-likeness (QED) is 0.370. The number of hydrogen-bond donors (Lipinski definition) is 2. The third kappa shape index (κ3) is 7.38. The van der Waals surface area contributed by atoms with Crippen LogP contribution in [0.1, 0.15) is 35.3 Å². The molecule has 41 heavy (non-hydrogen) atoms. The van der Waals surface area contributed by atoms with Gasteiger partial charge in [-0.3, -0.25) is 14.4 Å². The zero-order chi connectivity index (χ0) is 29.7. The van der Waals surface area contributed by atoms with Crippen LogP contribution in [0.3, 0.4) is 0 Å². The number of nitrogens with zero attached hydrogens (tertiary/aromatic N) is 2. The van der Waals surface area contributed by atoms with Gasteiger partial charge in [-0.25, -0.2) is 8.42 Å². The average molecular weight is 582 g/mol. The highest BCUT2D eigenvalue weighted by Gasteiger charge is 2.33. The van der Waals surface area contributed by atoms with Crippen molar-refractivity contribution in [3.8, 4) is 11.5 Å². The summed E-state index contributed by atoms with van der Waals surface area (Å²) in [5.41, 5.74) is 2.57. The van der Waals surface area contributed by atoms with Crippen LogP contribution in [0.15, 0.2) is 71.6 Å². The van der Waals surface area contributed by atoms with Crippen molar-refractivity contribution in [2.75, 3.05) is 38.6 Å². The van der Waals surface area contributed by atoms with Gasteiger partial charge in [0.2, 0.25) is 0 Å². The van der Waals surface area contributed by atoms with E-state index in [0.717, 1.165) is 16.9 Å². The van der Waals surface area contributed by atoms with Gasteiger partial charge in [0.1, 0.15) is 17.6 Å². The van der Waals surface area contributed by atoms with Gasteiger partial charge in [0.05, 0.1) is 30.2 Å². The number of methoxy groups -OCH3 is 1. The van der Waals surface area contributed by atoms with Crippen LogP contribution < -0.4 is 14.2 Å². The third-order valence-corrected chi connectivity index (χ3v) is 8.75. The molecule has 0 spiro atoms. The summed E-state index contributed by atoms with van der Waals surface area (Å²) in [5.74, 6) is 0.806. The summed E-state index contributed by atoms with van der Waals surface area (Å²) in [6.45, 7) is 7.17. The molecule has 3 aromatic carbocycles. The van der Waals surface area contributed by atoms with Gasteiger partial charge in [0.15, 0.2) is 0 Å². The molecule has 0 fully saturated rings. The highest BCUT2D eigenvalue weighted by Crippen LogP contribution is 2.31. The number of nitrogens with one attached hydrogen (secondary N) is 1. The zero-order valence-corrected chi connectivity index (χ0v) is 25.0. The van der Waals surface area contributed by atoms with Crippen molar-refractivity contribution in [3.05, 3.63) is 83.4 Å². The van der Waals surface area contributed by atoms with E-state index >= 15 is 0 Å². The molecule has 4 rings (SSSR count). The summed E-state index contributed by atoms with van der Waals surface area (Å²) < 4.78 is 40.3. The van der Waals surface area contributed by atoms with E-state index in [9.17, 15) is 18.3 Å². The average Bonchev–Trinajstić information content (AvgIpc) is 2.95. The van der Waals surface area contributed by atoms with E-state index in [1.165, 1.54) is 6.07 Å². The van der Waals surface area contributed by atoms with Crippen molar-refractivity contribution in [2.24, 2.45) is 5.92 Å². The summed E-state index contributed by atoms with van der Waals surface area (Å²) in [4.78, 5) is 17.6. The van der Waals surface area contributed by atoms with Gasteiger partial charge in [-0.15, -0.1) is 0 Å². The molecule has 3 atom stereocenters. The Balaban J connectivity index is 1.61. The number of fused-ring (bicyclic) bond motifs is 1. The SMILES string of the molecule is COc1ccc(CN(C)C[C@H]2Oc3ccc(NS(=O)(=O)c4ccc(C)cc4)cc3C(=O)N([C@@H](C)CO)C[C@H]2C)cc1. The lowest BCUT2D eigenvalue weighted by Crippen LogP contribution is -2.49. The third-order valence-electron chi connectivity index (χ3n) is 7.35. The highest BCUT2D eigenvalue weighted by molar-refractivity contribution is 7.92. The number of sulfonamides is 1. The molecule has 220 valence electrons. The van der Waals surface area contributed by atoms with Gasteiger partial charge in [0.25, 0.3) is 15.9 Å². The fourth-order valence-corrected chi connectivity index (χ4v) is 5.90. The molecule has 0 aliphatic carbocycles. The molecule has 1 aliphatic rings. The molecular formula is C31H39N3O6S. The number of aliphatic hydroxyl groups excluding tert-OH is 1. The van der Waals surface area contributed by atoms with Crippen LogP contribution in [0.4, 0.5) is 5.69 Å². The predicted molar refractivity (Wildman–Crippen MR) is 159 cm³/mol. The summed E-state index contributed by atoms with van der Waals surface area (Å²) >= 11 is 0. The minimum Gasteiger partial charge on any atom is -0.497 e. The summed E-state index contributed by atoms with van der Waals surface area (Å²) in [6.07, 6.45) is -0.270. The van der Waals surface area contributed by atoms with Gasteiger partial charge >= 0.3 is 0 Å². The van der Waals surface area contributed by atoms with Gasteiger partial charge in [-0.05, 0) is 68.9 Å². The number of anilines is 1. The second-order valence-electron chi connectivity index (χ2n) is 10.8. The Labute approximate surface area is 242 Å². The lowest BCUT2D eigenvalue weighted by atomic mass is 9.99. The monoisotopic (exact) mass is 581 g/mol. The number of likely N-dealkylation sites (N-methyl/N-ethyl adjacent to an activating group) is 1. The van der Waals surface area contributed by atoms with E-state index in [1.807, 2.05) is 45.2 Å². The summed E-state index contributed by atoms with van der Waals surface area (Å²) in [7, 11) is -0.210. The Morgan fingerprint density at radius 3 is 2.44 bits per heavy atom. The number of ether oxygens (including phenoxy) is 2. The molecule has 0 unspecified atom stereocenters. The number of carbonyl (C=O) groups is 1. The van der Waals surface area contributed by atoms with Crippen LogP contribution in [-0.2, 0) is 16.6 Å². The van der Waals surface area contributed by atoms with Gasteiger partial charge in [-0.2, -0.15) is 0 Å². The van der Waals surface area contributed by atoms with Gasteiger partial charge in [0, 0.05) is 31.2 Å². The van der Waals surface area contributed by atoms with E-state index < -0.39 is 16.1 Å². The normalized spacial score (nSPS) is 18.2. The number of carbonyl (C=O) groups excluding carboxylic acids is 1. The van der Waals surface area contributed by atoms with Crippen molar-refractivity contribution in [1.82, 2.24) is 9.80 Å². The number of rotatable bonds is 10. The first-order valence-electron chi connectivity index (χ1n) is 13.6. The molecule has 0 saturated carbocycles. The second-order valence-corrected chi connectivity index (χ2v) is 12.5. The van der Waals surface area contributed by atoms with Crippen molar-refractivity contribution >= 4 is 21.6 Å². The number of hydrogen-bond acceptors (Lipinski definition) is 7. The Bertz CT molecular complexity index is 1440. The smallest absolute Gasteiger partial charge is 0.261 e. The lowest BCUT2D eigenvalue weighted by molar-refractivity contribution is 0.0341. The minimum absolute atomic E-state index is 0.0425. The van der Waals surface area contributed by atoms with E-state index in [0.29, 0.717) is 25.4 Å². The van der Waals surface area contributed by atoms with E-state index in [2.05, 4.69) is 9.62 Å². The maximum absolute atomic E-state index is 13.7. The Morgan fingerprint density at radius 1 is 1.12 bits per heavy atom. The summed E-state index contributed by atoms with van der Waals surface area (Å²) in [5, 5.41) is 9.93. The largest absolute Gasteiger partial charge is 0.497 e. The maximum atomic E-state index is 13.7. The first-order valence-corrected chi connectivity index (χ1v) is 15.1. The van der Waals surface area contributed by atoms with Crippen LogP contribution in [0.2, 0.25) is 0 Å². The molecule has 0 aromatic heterocycles. The molecule has 1 amide bonds. The molecule has 0 bridgehead atoms. The van der Waals surface area contributed by atoms with Crippen molar-refractivity contribution in [3.63, 3.8) is 0 Å². The second kappa shape index (κ2) is 12.9. The van der Waals surface area contributed by atoms with Crippen LogP contribution >= 0.6 is 0 Å². The van der Waals surface area contributed by atoms with E-state index in [-0.39, 0.29) is 40.7 Å². The minimum atomic E-state index is -3.86. The maximum Gasteiger partial charge on any atom is 0.261 e. The number of aliphatic hydroxyl groups is 1. The molecule has 0 radical (unpaired) electrons. The predicted octanol–water partition coefficient (Wildman–Crippen LogP) is 4.16. The molecule has 1 heterocycles.